The van der Waals surface area contributed by atoms with Gasteiger partial charge in [0.1, 0.15) is 18.3 Å². The van der Waals surface area contributed by atoms with E-state index in [0.717, 1.165) is 92.8 Å². The number of benzene rings is 6. The second kappa shape index (κ2) is 26.9. The van der Waals surface area contributed by atoms with Crippen molar-refractivity contribution in [1.29, 1.82) is 0 Å². The van der Waals surface area contributed by atoms with Crippen LogP contribution in [0.4, 0.5) is 0 Å². The molecule has 16 heteroatoms. The molecule has 2 atom stereocenters. The first-order chi connectivity index (χ1) is 37.6. The summed E-state index contributed by atoms with van der Waals surface area (Å²) in [4.78, 5) is 83.1. The van der Waals surface area contributed by atoms with Crippen molar-refractivity contribution in [2.75, 3.05) is 6.61 Å². The van der Waals surface area contributed by atoms with E-state index in [1.807, 2.05) is 98.8 Å². The van der Waals surface area contributed by atoms with E-state index < -0.39 is 30.5 Å². The molecule has 0 fully saturated rings. The lowest BCUT2D eigenvalue weighted by Gasteiger charge is -2.18. The maximum absolute atomic E-state index is 13.5. The molecule has 404 valence electrons. The number of aromatic carboxylic acids is 2. The smallest absolute Gasteiger partial charge is 0.335 e. The molecule has 2 heterocycles. The summed E-state index contributed by atoms with van der Waals surface area (Å²) in [5, 5.41) is 39.7. The summed E-state index contributed by atoms with van der Waals surface area (Å²) in [5.41, 5.74) is 12.1. The fourth-order valence-corrected chi connectivity index (χ4v) is 9.85. The van der Waals surface area contributed by atoms with Crippen molar-refractivity contribution < 1.29 is 49.3 Å². The molecule has 0 saturated heterocycles. The number of carbonyl (C=O) groups excluding carboxylic acids is 4. The number of hydrogen-bond acceptors (Lipinski definition) is 10. The number of amides is 2. The SMILES string of the molecule is CCCc1nc2c(C)cc(C(=O)N[C@@H](CC(=O)NO)Cc3ccccc3)cc2n1Cc1ccc(C(=O)O)cc1.CCCc1nc2cc(C(=O)C[C@@H](CC(=O)CO)Cc3ccccc3)cc(C)c2n1Cc1ccc(C(=O)O)cc1. The first-order valence-electron chi connectivity index (χ1n) is 26.2. The average molecular weight is 1060 g/mol. The minimum Gasteiger partial charge on any atom is -0.478 e. The van der Waals surface area contributed by atoms with Gasteiger partial charge in [0.05, 0.1) is 33.2 Å². The van der Waals surface area contributed by atoms with Crippen molar-refractivity contribution in [3.63, 3.8) is 0 Å². The second-order valence-corrected chi connectivity index (χ2v) is 19.7. The molecule has 8 rings (SSSR count). The minimum absolute atomic E-state index is 0.0532. The summed E-state index contributed by atoms with van der Waals surface area (Å²) in [6.45, 7) is 8.54. The number of ketones is 2. The van der Waals surface area contributed by atoms with Gasteiger partial charge in [-0.1, -0.05) is 98.8 Å². The number of fused-ring (bicyclic) bond motifs is 2. The number of carboxylic acid groups (broad SMARTS) is 2. The molecule has 0 saturated carbocycles. The highest BCUT2D eigenvalue weighted by Crippen LogP contribution is 2.28. The highest BCUT2D eigenvalue weighted by molar-refractivity contribution is 6.01. The van der Waals surface area contributed by atoms with Crippen LogP contribution in [0.1, 0.15) is 132 Å². The molecule has 0 spiro atoms. The molecule has 16 nitrogen and oxygen atoms in total. The van der Waals surface area contributed by atoms with Crippen molar-refractivity contribution >= 4 is 57.4 Å². The maximum atomic E-state index is 13.5. The summed E-state index contributed by atoms with van der Waals surface area (Å²) in [6, 6.07) is 39.6. The van der Waals surface area contributed by atoms with Gasteiger partial charge in [-0.05, 0) is 127 Å². The van der Waals surface area contributed by atoms with Crippen LogP contribution in [0.5, 0.6) is 0 Å². The monoisotopic (exact) mass is 1050 g/mol. The number of Topliss-reactive ketones (excluding diaryl/α,β-unsaturated/α-hetero) is 2. The number of nitrogens with zero attached hydrogens (tertiary/aromatic N) is 4. The molecular weight excluding hydrogens is 989 g/mol. The zero-order valence-corrected chi connectivity index (χ0v) is 44.4. The predicted molar refractivity (Wildman–Crippen MR) is 297 cm³/mol. The molecule has 0 unspecified atom stereocenters. The molecule has 0 radical (unpaired) electrons. The summed E-state index contributed by atoms with van der Waals surface area (Å²) in [6.07, 6.45) is 4.59. The molecule has 0 aliphatic rings. The van der Waals surface area contributed by atoms with Crippen molar-refractivity contribution in [1.82, 2.24) is 29.9 Å². The lowest BCUT2D eigenvalue weighted by atomic mass is 9.88. The highest BCUT2D eigenvalue weighted by Gasteiger charge is 2.24. The number of carboxylic acids is 2. The Bertz CT molecular complexity index is 3400. The van der Waals surface area contributed by atoms with E-state index in [-0.39, 0.29) is 53.8 Å². The van der Waals surface area contributed by atoms with E-state index in [0.29, 0.717) is 37.1 Å². The Morgan fingerprint density at radius 3 is 1.65 bits per heavy atom. The van der Waals surface area contributed by atoms with Gasteiger partial charge in [0.2, 0.25) is 5.91 Å². The Kier molecular flexibility index (Phi) is 19.7. The zero-order chi connectivity index (χ0) is 55.9. The fourth-order valence-electron chi connectivity index (χ4n) is 9.85. The molecule has 2 aromatic heterocycles. The number of hydroxylamine groups is 1. The third-order valence-corrected chi connectivity index (χ3v) is 13.6. The molecule has 6 aromatic carbocycles. The first-order valence-corrected chi connectivity index (χ1v) is 26.2. The Morgan fingerprint density at radius 1 is 0.577 bits per heavy atom. The minimum atomic E-state index is -0.977. The summed E-state index contributed by atoms with van der Waals surface area (Å²) in [7, 11) is 0. The molecule has 0 bridgehead atoms. The number of nitrogens with one attached hydrogen (secondary N) is 2. The van der Waals surface area contributed by atoms with E-state index in [4.69, 9.17) is 15.2 Å². The summed E-state index contributed by atoms with van der Waals surface area (Å²) < 4.78 is 4.22. The number of imidazole rings is 2. The number of aliphatic hydroxyl groups is 1. The zero-order valence-electron chi connectivity index (χ0n) is 44.4. The first kappa shape index (κ1) is 57.1. The van der Waals surface area contributed by atoms with Gasteiger partial charge < -0.3 is 29.8 Å². The third-order valence-electron chi connectivity index (χ3n) is 13.6. The highest BCUT2D eigenvalue weighted by atomic mass is 16.5. The van der Waals surface area contributed by atoms with Gasteiger partial charge in [-0.3, -0.25) is 24.4 Å². The van der Waals surface area contributed by atoms with Crippen LogP contribution in [0.3, 0.4) is 0 Å². The van der Waals surface area contributed by atoms with E-state index in [1.54, 1.807) is 54.0 Å². The number of hydrogen-bond donors (Lipinski definition) is 6. The average Bonchev–Trinajstić information content (AvgIpc) is 4.02. The van der Waals surface area contributed by atoms with Crippen molar-refractivity contribution in [3.05, 3.63) is 201 Å². The Balaban J connectivity index is 0.000000226. The Morgan fingerprint density at radius 2 is 1.12 bits per heavy atom. The number of aryl methyl sites for hydroxylation is 4. The van der Waals surface area contributed by atoms with Crippen LogP contribution in [0.15, 0.2) is 133 Å². The van der Waals surface area contributed by atoms with Gasteiger partial charge in [-0.2, -0.15) is 0 Å². The van der Waals surface area contributed by atoms with Gasteiger partial charge in [-0.15, -0.1) is 0 Å². The number of carbonyl (C=O) groups is 6. The van der Waals surface area contributed by atoms with Crippen molar-refractivity contribution in [2.24, 2.45) is 5.92 Å². The molecule has 8 aromatic rings. The van der Waals surface area contributed by atoms with Crippen LogP contribution in [0.2, 0.25) is 0 Å². The van der Waals surface area contributed by atoms with Gasteiger partial charge in [0, 0.05) is 62.4 Å². The standard InChI is InChI=1S/C32H34N2O5.C30H32N4O5/c1-3-7-30-33-28-18-26(29(37)17-24(16-27(36)20-35)15-22-8-5-4-6-9-22)14-21(2)31(28)34(30)19-23-10-12-25(13-11-23)32(38)39;1-3-7-26-32-28-19(2)14-23(16-25(28)34(26)18-21-10-12-22(13-11-21)30(37)38)29(36)31-24(17-27(35)33-39)15-20-8-5-4-6-9-20/h4-6,8-14,18,24,35H,3,7,15-17,19-20H2,1-2H3,(H,38,39);4-6,8-14,16,24,39H,3,7,15,17-18H2,1-2H3,(H,31,36)(H,33,35)(H,37,38)/t2*24-/m11/s1. The fraction of sp³-hybridized carbons (Fsp3) is 0.290. The van der Waals surface area contributed by atoms with Gasteiger partial charge in [0.15, 0.2) is 11.6 Å². The van der Waals surface area contributed by atoms with E-state index in [9.17, 15) is 44.1 Å². The Labute approximate surface area is 452 Å². The molecule has 2 amide bonds. The predicted octanol–water partition coefficient (Wildman–Crippen LogP) is 9.71. The summed E-state index contributed by atoms with van der Waals surface area (Å²) >= 11 is 0. The van der Waals surface area contributed by atoms with Crippen LogP contribution in [0.25, 0.3) is 22.1 Å². The van der Waals surface area contributed by atoms with Crippen LogP contribution in [-0.2, 0) is 48.4 Å². The topological polar surface area (TPSA) is 243 Å². The van der Waals surface area contributed by atoms with E-state index in [2.05, 4.69) is 28.3 Å². The molecule has 0 aliphatic heterocycles. The van der Waals surface area contributed by atoms with Crippen LogP contribution < -0.4 is 10.8 Å². The summed E-state index contributed by atoms with van der Waals surface area (Å²) in [5.74, 6) is -1.58. The largest absolute Gasteiger partial charge is 0.478 e. The van der Waals surface area contributed by atoms with Gasteiger partial charge >= 0.3 is 11.9 Å². The van der Waals surface area contributed by atoms with Crippen LogP contribution in [0, 0.1) is 19.8 Å². The number of rotatable bonds is 24. The molecule has 6 N–H and O–H groups in total. The van der Waals surface area contributed by atoms with Crippen LogP contribution >= 0.6 is 0 Å². The van der Waals surface area contributed by atoms with E-state index in [1.165, 1.54) is 0 Å². The second-order valence-electron chi connectivity index (χ2n) is 19.7. The number of aliphatic hydroxyl groups excluding tert-OH is 1. The molecule has 78 heavy (non-hydrogen) atoms. The third kappa shape index (κ3) is 14.9. The van der Waals surface area contributed by atoms with Gasteiger partial charge in [-0.25, -0.2) is 25.0 Å². The Hall–Kier alpha value is -8.60. The quantitative estimate of drug-likeness (QED) is 0.0188. The maximum Gasteiger partial charge on any atom is 0.335 e. The van der Waals surface area contributed by atoms with Crippen molar-refractivity contribution in [2.45, 2.75) is 105 Å². The number of aromatic nitrogens is 4. The normalized spacial score (nSPS) is 11.9. The molecular formula is C62H66N6O10. The van der Waals surface area contributed by atoms with Crippen LogP contribution in [-0.4, -0.2) is 87.6 Å². The molecule has 0 aliphatic carbocycles. The van der Waals surface area contributed by atoms with E-state index >= 15 is 0 Å². The lowest BCUT2D eigenvalue weighted by molar-refractivity contribution is -0.129. The van der Waals surface area contributed by atoms with Crippen molar-refractivity contribution in [3.8, 4) is 0 Å². The van der Waals surface area contributed by atoms with Gasteiger partial charge in [0.25, 0.3) is 5.91 Å². The lowest BCUT2D eigenvalue weighted by Crippen LogP contribution is -2.40.